The second-order valence-electron chi connectivity index (χ2n) is 5.01. The third kappa shape index (κ3) is 5.47. The minimum absolute atomic E-state index is 0.167. The molecular weight excluding hydrogens is 276 g/mol. The fourth-order valence-corrected chi connectivity index (χ4v) is 2.50. The zero-order valence-corrected chi connectivity index (χ0v) is 12.9. The summed E-state index contributed by atoms with van der Waals surface area (Å²) in [6.07, 6.45) is 4.87. The highest BCUT2D eigenvalue weighted by atomic mass is 35.5. The number of rotatable bonds is 9. The van der Waals surface area contributed by atoms with E-state index in [1.54, 1.807) is 12.1 Å². The molecule has 0 spiro atoms. The highest BCUT2D eigenvalue weighted by molar-refractivity contribution is 6.30. The van der Waals surface area contributed by atoms with E-state index in [0.29, 0.717) is 17.5 Å². The van der Waals surface area contributed by atoms with Gasteiger partial charge in [-0.1, -0.05) is 31.9 Å². The van der Waals surface area contributed by atoms with Crippen LogP contribution in [0.2, 0.25) is 5.02 Å². The summed E-state index contributed by atoms with van der Waals surface area (Å²) in [5, 5.41) is 15.1. The zero-order valence-electron chi connectivity index (χ0n) is 12.2. The van der Waals surface area contributed by atoms with Gasteiger partial charge in [-0.05, 0) is 44.4 Å². The second-order valence-corrected chi connectivity index (χ2v) is 5.44. The lowest BCUT2D eigenvalue weighted by Crippen LogP contribution is -2.30. The molecule has 20 heavy (non-hydrogen) atoms. The van der Waals surface area contributed by atoms with E-state index in [1.165, 1.54) is 6.07 Å². The molecule has 1 aromatic rings. The van der Waals surface area contributed by atoms with Gasteiger partial charge in [0.2, 0.25) is 0 Å². The first-order valence-electron chi connectivity index (χ1n) is 7.24. The maximum absolute atomic E-state index is 11.0. The summed E-state index contributed by atoms with van der Waals surface area (Å²) in [7, 11) is 0. The molecule has 0 aliphatic heterocycles. The maximum atomic E-state index is 11.0. The summed E-state index contributed by atoms with van der Waals surface area (Å²) >= 11 is 5.94. The Balaban J connectivity index is 2.70. The third-order valence-electron chi connectivity index (χ3n) is 3.32. The van der Waals surface area contributed by atoms with E-state index < -0.39 is 0 Å². The molecule has 0 aliphatic rings. The first-order chi connectivity index (χ1) is 9.58. The van der Waals surface area contributed by atoms with Gasteiger partial charge >= 0.3 is 0 Å². The number of nitro groups is 1. The van der Waals surface area contributed by atoms with E-state index in [2.05, 4.69) is 19.2 Å². The van der Waals surface area contributed by atoms with Crippen molar-refractivity contribution < 1.29 is 4.92 Å². The van der Waals surface area contributed by atoms with Crippen LogP contribution in [0.4, 0.5) is 5.69 Å². The lowest BCUT2D eigenvalue weighted by atomic mass is 10.0. The van der Waals surface area contributed by atoms with Crippen molar-refractivity contribution in [1.82, 2.24) is 5.32 Å². The number of aryl methyl sites for hydroxylation is 1. The summed E-state index contributed by atoms with van der Waals surface area (Å²) in [6.45, 7) is 5.28. The predicted octanol–water partition coefficient (Wildman–Crippen LogP) is 4.35. The molecule has 1 atom stereocenters. The average molecular weight is 299 g/mol. The highest BCUT2D eigenvalue weighted by Crippen LogP contribution is 2.24. The van der Waals surface area contributed by atoms with E-state index in [1.807, 2.05) is 0 Å². The Morgan fingerprint density at radius 2 is 2.05 bits per heavy atom. The topological polar surface area (TPSA) is 55.2 Å². The van der Waals surface area contributed by atoms with E-state index >= 15 is 0 Å². The Bertz CT molecular complexity index is 438. The molecule has 4 nitrogen and oxygen atoms in total. The van der Waals surface area contributed by atoms with Gasteiger partial charge in [-0.15, -0.1) is 0 Å². The van der Waals surface area contributed by atoms with E-state index in [4.69, 9.17) is 11.6 Å². The molecule has 0 aliphatic carbocycles. The van der Waals surface area contributed by atoms with Gasteiger partial charge in [-0.2, -0.15) is 0 Å². The highest BCUT2D eigenvalue weighted by Gasteiger charge is 2.15. The van der Waals surface area contributed by atoms with Crippen molar-refractivity contribution in [3.8, 4) is 0 Å². The Labute approximate surface area is 125 Å². The predicted molar refractivity (Wildman–Crippen MR) is 83.4 cm³/mol. The number of nitrogens with zero attached hydrogens (tertiary/aromatic N) is 1. The van der Waals surface area contributed by atoms with E-state index in [0.717, 1.165) is 37.8 Å². The lowest BCUT2D eigenvalue weighted by molar-refractivity contribution is -0.385. The standard InChI is InChI=1S/C15H23ClN2O2/c1-3-5-14(17-10-4-2)8-6-12-11-13(16)7-9-15(12)18(19)20/h7,9,11,14,17H,3-6,8,10H2,1-2H3. The van der Waals surface area contributed by atoms with Gasteiger partial charge in [0.15, 0.2) is 0 Å². The van der Waals surface area contributed by atoms with Crippen molar-refractivity contribution >= 4 is 17.3 Å². The Morgan fingerprint density at radius 3 is 2.65 bits per heavy atom. The number of halogens is 1. The molecule has 5 heteroatoms. The smallest absolute Gasteiger partial charge is 0.272 e. The van der Waals surface area contributed by atoms with Gasteiger partial charge in [0.1, 0.15) is 0 Å². The number of benzene rings is 1. The normalized spacial score (nSPS) is 12.3. The summed E-state index contributed by atoms with van der Waals surface area (Å²) in [6, 6.07) is 5.19. The van der Waals surface area contributed by atoms with Crippen LogP contribution in [0.3, 0.4) is 0 Å². The van der Waals surface area contributed by atoms with Crippen LogP contribution >= 0.6 is 11.6 Å². The van der Waals surface area contributed by atoms with Crippen molar-refractivity contribution in [2.24, 2.45) is 0 Å². The number of nitrogens with one attached hydrogen (secondary N) is 1. The van der Waals surface area contributed by atoms with Crippen LogP contribution in [0, 0.1) is 10.1 Å². The van der Waals surface area contributed by atoms with Gasteiger partial charge in [0.05, 0.1) is 4.92 Å². The van der Waals surface area contributed by atoms with Crippen LogP contribution in [0.1, 0.15) is 45.1 Å². The van der Waals surface area contributed by atoms with Crippen molar-refractivity contribution in [3.05, 3.63) is 38.9 Å². The van der Waals surface area contributed by atoms with Crippen molar-refractivity contribution in [2.45, 2.75) is 52.0 Å². The molecular formula is C15H23ClN2O2. The number of hydrogen-bond acceptors (Lipinski definition) is 3. The Hall–Kier alpha value is -1.13. The minimum Gasteiger partial charge on any atom is -0.314 e. The van der Waals surface area contributed by atoms with Crippen molar-refractivity contribution in [1.29, 1.82) is 0 Å². The third-order valence-corrected chi connectivity index (χ3v) is 3.56. The Morgan fingerprint density at radius 1 is 1.30 bits per heavy atom. The van der Waals surface area contributed by atoms with Gasteiger partial charge in [0, 0.05) is 22.7 Å². The molecule has 1 N–H and O–H groups in total. The summed E-state index contributed by atoms with van der Waals surface area (Å²) in [4.78, 5) is 10.7. The average Bonchev–Trinajstić information content (AvgIpc) is 2.41. The lowest BCUT2D eigenvalue weighted by Gasteiger charge is -2.17. The van der Waals surface area contributed by atoms with Gasteiger partial charge < -0.3 is 5.32 Å². The molecule has 112 valence electrons. The molecule has 1 aromatic carbocycles. The van der Waals surface area contributed by atoms with Crippen molar-refractivity contribution in [3.63, 3.8) is 0 Å². The fourth-order valence-electron chi connectivity index (χ4n) is 2.31. The summed E-state index contributed by atoms with van der Waals surface area (Å²) in [5.41, 5.74) is 0.891. The van der Waals surface area contributed by atoms with Crippen LogP contribution in [0.5, 0.6) is 0 Å². The quantitative estimate of drug-likeness (QED) is 0.545. The van der Waals surface area contributed by atoms with E-state index in [-0.39, 0.29) is 10.6 Å². The number of hydrogen-bond donors (Lipinski definition) is 1. The molecule has 0 radical (unpaired) electrons. The van der Waals surface area contributed by atoms with Crippen LogP contribution in [-0.2, 0) is 6.42 Å². The van der Waals surface area contributed by atoms with Gasteiger partial charge in [0.25, 0.3) is 5.69 Å². The van der Waals surface area contributed by atoms with Crippen molar-refractivity contribution in [2.75, 3.05) is 6.54 Å². The first kappa shape index (κ1) is 16.9. The monoisotopic (exact) mass is 298 g/mol. The van der Waals surface area contributed by atoms with Crippen LogP contribution < -0.4 is 5.32 Å². The van der Waals surface area contributed by atoms with Gasteiger partial charge in [-0.3, -0.25) is 10.1 Å². The summed E-state index contributed by atoms with van der Waals surface area (Å²) < 4.78 is 0. The second kappa shape index (κ2) is 8.93. The molecule has 0 fully saturated rings. The molecule has 0 saturated carbocycles. The first-order valence-corrected chi connectivity index (χ1v) is 7.62. The molecule has 1 rings (SSSR count). The fraction of sp³-hybridized carbons (Fsp3) is 0.600. The molecule has 0 saturated heterocycles. The van der Waals surface area contributed by atoms with Crippen LogP contribution in [0.15, 0.2) is 18.2 Å². The molecule has 0 bridgehead atoms. The van der Waals surface area contributed by atoms with Crippen LogP contribution in [0.25, 0.3) is 0 Å². The minimum atomic E-state index is -0.333. The van der Waals surface area contributed by atoms with Gasteiger partial charge in [-0.25, -0.2) is 0 Å². The molecule has 0 heterocycles. The summed E-state index contributed by atoms with van der Waals surface area (Å²) in [5.74, 6) is 0. The van der Waals surface area contributed by atoms with E-state index in [9.17, 15) is 10.1 Å². The SMILES string of the molecule is CCCNC(CCC)CCc1cc(Cl)ccc1[N+](=O)[O-]. The zero-order chi connectivity index (χ0) is 15.0. The maximum Gasteiger partial charge on any atom is 0.272 e. The largest absolute Gasteiger partial charge is 0.314 e. The molecule has 0 amide bonds. The van der Waals surface area contributed by atoms with Crippen LogP contribution in [-0.4, -0.2) is 17.5 Å². The molecule has 0 aromatic heterocycles. The Kier molecular flexibility index (Phi) is 7.55. The molecule has 1 unspecified atom stereocenters. The number of nitro benzene ring substituents is 1.